The number of nitrogens with one attached hydrogen (secondary N) is 1. The minimum Gasteiger partial charge on any atom is -0.360 e. The highest BCUT2D eigenvalue weighted by Crippen LogP contribution is 2.25. The quantitative estimate of drug-likeness (QED) is 0.900. The third-order valence-corrected chi connectivity index (χ3v) is 2.63. The maximum absolute atomic E-state index is 12.3. The highest BCUT2D eigenvalue weighted by Gasteiger charge is 2.24. The number of benzene rings is 1. The topological polar surface area (TPSA) is 55.1 Å². The molecule has 0 saturated carbocycles. The molecule has 0 unspecified atom stereocenters. The molecule has 4 nitrogen and oxygen atoms in total. The maximum Gasteiger partial charge on any atom is 0.257 e. The smallest absolute Gasteiger partial charge is 0.257 e. The molecular formula is C15H18N2O2. The average molecular weight is 258 g/mol. The normalized spacial score (nSPS) is 11.4. The van der Waals surface area contributed by atoms with E-state index in [1.165, 1.54) is 0 Å². The summed E-state index contributed by atoms with van der Waals surface area (Å²) in [4.78, 5) is 12.3. The fourth-order valence-corrected chi connectivity index (χ4v) is 1.84. The van der Waals surface area contributed by atoms with Crippen molar-refractivity contribution in [1.29, 1.82) is 0 Å². The van der Waals surface area contributed by atoms with E-state index in [9.17, 15) is 4.79 Å². The van der Waals surface area contributed by atoms with Gasteiger partial charge >= 0.3 is 0 Å². The van der Waals surface area contributed by atoms with Gasteiger partial charge in [0.1, 0.15) is 17.0 Å². The lowest BCUT2D eigenvalue weighted by Gasteiger charge is -2.20. The van der Waals surface area contributed by atoms with Gasteiger partial charge in [-0.25, -0.2) is 0 Å². The first-order valence-corrected chi connectivity index (χ1v) is 6.23. The molecule has 0 aliphatic heterocycles. The number of aryl methyl sites for hydroxylation is 1. The van der Waals surface area contributed by atoms with Crippen LogP contribution in [0.2, 0.25) is 0 Å². The number of carbonyl (C=O) groups excluding carboxylic acids is 1. The van der Waals surface area contributed by atoms with Crippen LogP contribution in [-0.4, -0.2) is 16.6 Å². The lowest BCUT2D eigenvalue weighted by Crippen LogP contribution is -2.40. The Balaban J connectivity index is 2.42. The van der Waals surface area contributed by atoms with E-state index in [2.05, 4.69) is 10.5 Å². The molecule has 0 atom stereocenters. The number of nitrogens with zero attached hydrogens (tertiary/aromatic N) is 1. The summed E-state index contributed by atoms with van der Waals surface area (Å²) < 4.78 is 5.17. The summed E-state index contributed by atoms with van der Waals surface area (Å²) in [7, 11) is 0. The molecule has 19 heavy (non-hydrogen) atoms. The molecule has 1 aromatic heterocycles. The second-order valence-corrected chi connectivity index (χ2v) is 5.53. The molecule has 4 heteroatoms. The van der Waals surface area contributed by atoms with Crippen LogP contribution in [0.4, 0.5) is 0 Å². The second kappa shape index (κ2) is 4.88. The number of rotatable bonds is 2. The monoisotopic (exact) mass is 258 g/mol. The van der Waals surface area contributed by atoms with E-state index in [1.54, 1.807) is 6.92 Å². The zero-order valence-electron chi connectivity index (χ0n) is 11.7. The standard InChI is InChI=1S/C15H18N2O2/c1-10-12(14(18)16-15(2,3)4)13(17-19-10)11-8-6-5-7-9-11/h5-9H,1-4H3,(H,16,18). The molecule has 1 amide bonds. The summed E-state index contributed by atoms with van der Waals surface area (Å²) in [5.74, 6) is 0.366. The molecule has 1 aromatic carbocycles. The number of hydrogen-bond donors (Lipinski definition) is 1. The van der Waals surface area contributed by atoms with Crippen LogP contribution < -0.4 is 5.32 Å². The molecule has 0 bridgehead atoms. The Morgan fingerprint density at radius 3 is 2.42 bits per heavy atom. The molecule has 0 aliphatic rings. The zero-order valence-corrected chi connectivity index (χ0v) is 11.7. The molecule has 100 valence electrons. The predicted octanol–water partition coefficient (Wildman–Crippen LogP) is 3.18. The second-order valence-electron chi connectivity index (χ2n) is 5.53. The molecule has 0 radical (unpaired) electrons. The Hall–Kier alpha value is -2.10. The Labute approximate surface area is 112 Å². The summed E-state index contributed by atoms with van der Waals surface area (Å²) in [6.45, 7) is 7.57. The summed E-state index contributed by atoms with van der Waals surface area (Å²) in [6, 6.07) is 9.55. The Morgan fingerprint density at radius 2 is 1.84 bits per heavy atom. The number of amides is 1. The number of hydrogen-bond acceptors (Lipinski definition) is 3. The van der Waals surface area contributed by atoms with Crippen LogP contribution in [-0.2, 0) is 0 Å². The van der Waals surface area contributed by atoms with Gasteiger partial charge < -0.3 is 9.84 Å². The van der Waals surface area contributed by atoms with Crippen molar-refractivity contribution in [1.82, 2.24) is 10.5 Å². The van der Waals surface area contributed by atoms with Crippen LogP contribution in [0.3, 0.4) is 0 Å². The average Bonchev–Trinajstić information content (AvgIpc) is 2.70. The van der Waals surface area contributed by atoms with Gasteiger partial charge in [-0.1, -0.05) is 35.5 Å². The fraction of sp³-hybridized carbons (Fsp3) is 0.333. The number of aromatic nitrogens is 1. The van der Waals surface area contributed by atoms with E-state index in [-0.39, 0.29) is 11.4 Å². The highest BCUT2D eigenvalue weighted by atomic mass is 16.5. The van der Waals surface area contributed by atoms with Gasteiger partial charge in [0.2, 0.25) is 0 Å². The lowest BCUT2D eigenvalue weighted by atomic mass is 10.0. The first-order chi connectivity index (χ1) is 8.88. The van der Waals surface area contributed by atoms with Crippen molar-refractivity contribution in [2.24, 2.45) is 0 Å². The van der Waals surface area contributed by atoms with Crippen LogP contribution in [0.1, 0.15) is 36.9 Å². The Bertz CT molecular complexity index is 580. The van der Waals surface area contributed by atoms with E-state index < -0.39 is 0 Å². The lowest BCUT2D eigenvalue weighted by molar-refractivity contribution is 0.0918. The fourth-order valence-electron chi connectivity index (χ4n) is 1.84. The van der Waals surface area contributed by atoms with E-state index in [0.29, 0.717) is 17.0 Å². The van der Waals surface area contributed by atoms with Crippen molar-refractivity contribution in [2.45, 2.75) is 33.2 Å². The van der Waals surface area contributed by atoms with Crippen LogP contribution in [0.5, 0.6) is 0 Å². The van der Waals surface area contributed by atoms with Crippen molar-refractivity contribution in [3.8, 4) is 11.3 Å². The van der Waals surface area contributed by atoms with Crippen LogP contribution >= 0.6 is 0 Å². The van der Waals surface area contributed by atoms with Gasteiger partial charge in [-0.05, 0) is 27.7 Å². The Morgan fingerprint density at radius 1 is 1.21 bits per heavy atom. The summed E-state index contributed by atoms with van der Waals surface area (Å²) in [5.41, 5.74) is 1.66. The molecule has 0 fully saturated rings. The molecule has 2 rings (SSSR count). The molecule has 0 aliphatic carbocycles. The third-order valence-electron chi connectivity index (χ3n) is 2.63. The van der Waals surface area contributed by atoms with Crippen LogP contribution in [0, 0.1) is 6.92 Å². The van der Waals surface area contributed by atoms with Crippen molar-refractivity contribution in [3.05, 3.63) is 41.7 Å². The SMILES string of the molecule is Cc1onc(-c2ccccc2)c1C(=O)NC(C)(C)C. The Kier molecular flexibility index (Phi) is 3.42. The number of carbonyl (C=O) groups is 1. The largest absolute Gasteiger partial charge is 0.360 e. The first-order valence-electron chi connectivity index (χ1n) is 6.23. The minimum atomic E-state index is -0.297. The molecule has 1 heterocycles. The van der Waals surface area contributed by atoms with Crippen molar-refractivity contribution in [2.75, 3.05) is 0 Å². The summed E-state index contributed by atoms with van der Waals surface area (Å²) >= 11 is 0. The first kappa shape index (κ1) is 13.3. The van der Waals surface area contributed by atoms with Gasteiger partial charge in [-0.3, -0.25) is 4.79 Å². The minimum absolute atomic E-state index is 0.162. The third kappa shape index (κ3) is 3.02. The predicted molar refractivity (Wildman–Crippen MR) is 73.9 cm³/mol. The van der Waals surface area contributed by atoms with Crippen LogP contribution in [0.25, 0.3) is 11.3 Å². The van der Waals surface area contributed by atoms with E-state index in [1.807, 2.05) is 51.1 Å². The summed E-state index contributed by atoms with van der Waals surface area (Å²) in [6.07, 6.45) is 0. The van der Waals surface area contributed by atoms with Crippen molar-refractivity contribution >= 4 is 5.91 Å². The van der Waals surface area contributed by atoms with E-state index >= 15 is 0 Å². The van der Waals surface area contributed by atoms with Gasteiger partial charge in [0.15, 0.2) is 0 Å². The van der Waals surface area contributed by atoms with Gasteiger partial charge in [0.25, 0.3) is 5.91 Å². The molecule has 2 aromatic rings. The molecule has 1 N–H and O–H groups in total. The van der Waals surface area contributed by atoms with Gasteiger partial charge in [-0.2, -0.15) is 0 Å². The summed E-state index contributed by atoms with van der Waals surface area (Å²) in [5, 5.41) is 6.93. The van der Waals surface area contributed by atoms with Crippen molar-refractivity contribution in [3.63, 3.8) is 0 Å². The van der Waals surface area contributed by atoms with E-state index in [4.69, 9.17) is 4.52 Å². The van der Waals surface area contributed by atoms with Crippen LogP contribution in [0.15, 0.2) is 34.9 Å². The molecule has 0 spiro atoms. The van der Waals surface area contributed by atoms with Gasteiger partial charge in [0.05, 0.1) is 0 Å². The molecular weight excluding hydrogens is 240 g/mol. The molecule has 0 saturated heterocycles. The van der Waals surface area contributed by atoms with Crippen molar-refractivity contribution < 1.29 is 9.32 Å². The van der Waals surface area contributed by atoms with E-state index in [0.717, 1.165) is 5.56 Å². The zero-order chi connectivity index (χ0) is 14.0. The highest BCUT2D eigenvalue weighted by molar-refractivity contribution is 6.01. The van der Waals surface area contributed by atoms with Gasteiger partial charge in [-0.15, -0.1) is 0 Å². The van der Waals surface area contributed by atoms with Gasteiger partial charge in [0, 0.05) is 11.1 Å². The maximum atomic E-state index is 12.3.